The van der Waals surface area contributed by atoms with E-state index in [1.165, 1.54) is 24.3 Å². The first-order chi connectivity index (χ1) is 14.4. The van der Waals surface area contributed by atoms with Crippen molar-refractivity contribution in [1.29, 1.82) is 0 Å². The molecular formula is C24H19FN2O3. The Morgan fingerprint density at radius 1 is 0.967 bits per heavy atom. The number of hydrogen-bond acceptors (Lipinski definition) is 4. The number of benzene rings is 2. The minimum absolute atomic E-state index is 0.0129. The Labute approximate surface area is 172 Å². The number of rotatable bonds is 5. The molecule has 5 nitrogen and oxygen atoms in total. The van der Waals surface area contributed by atoms with Gasteiger partial charge < -0.3 is 9.84 Å². The van der Waals surface area contributed by atoms with Crippen molar-refractivity contribution in [3.63, 3.8) is 0 Å². The van der Waals surface area contributed by atoms with Crippen molar-refractivity contribution in [1.82, 2.24) is 9.97 Å². The molecule has 4 rings (SSSR count). The molecule has 150 valence electrons. The summed E-state index contributed by atoms with van der Waals surface area (Å²) >= 11 is 0. The fourth-order valence-corrected chi connectivity index (χ4v) is 3.22. The Morgan fingerprint density at radius 2 is 1.70 bits per heavy atom. The van der Waals surface area contributed by atoms with Crippen LogP contribution in [0.3, 0.4) is 0 Å². The van der Waals surface area contributed by atoms with Crippen LogP contribution < -0.4 is 4.74 Å². The van der Waals surface area contributed by atoms with Crippen LogP contribution in [0.5, 0.6) is 5.75 Å². The number of carboxylic acid groups (broad SMARTS) is 1. The van der Waals surface area contributed by atoms with Gasteiger partial charge in [-0.3, -0.25) is 4.98 Å². The highest BCUT2D eigenvalue weighted by atomic mass is 19.1. The van der Waals surface area contributed by atoms with Crippen LogP contribution >= 0.6 is 0 Å². The van der Waals surface area contributed by atoms with E-state index >= 15 is 0 Å². The van der Waals surface area contributed by atoms with Crippen LogP contribution in [-0.4, -0.2) is 27.1 Å². The zero-order valence-corrected chi connectivity index (χ0v) is 16.5. The number of carbonyl (C=O) groups is 1. The van der Waals surface area contributed by atoms with Gasteiger partial charge >= 0.3 is 5.97 Å². The van der Waals surface area contributed by atoms with E-state index in [2.05, 4.69) is 9.97 Å². The number of aromatic carboxylic acids is 1. The van der Waals surface area contributed by atoms with Crippen LogP contribution in [0.1, 0.15) is 24.2 Å². The zero-order valence-electron chi connectivity index (χ0n) is 16.5. The molecule has 0 aliphatic heterocycles. The maximum Gasteiger partial charge on any atom is 0.336 e. The number of ether oxygens (including phenoxy) is 1. The summed E-state index contributed by atoms with van der Waals surface area (Å²) in [4.78, 5) is 20.6. The molecule has 2 aromatic heterocycles. The van der Waals surface area contributed by atoms with Gasteiger partial charge in [0, 0.05) is 17.1 Å². The number of aromatic nitrogens is 2. The number of carboxylic acids is 1. The van der Waals surface area contributed by atoms with E-state index in [9.17, 15) is 14.3 Å². The second-order valence-corrected chi connectivity index (χ2v) is 7.14. The van der Waals surface area contributed by atoms with Crippen molar-refractivity contribution in [2.24, 2.45) is 0 Å². The number of hydrogen-bond donors (Lipinski definition) is 1. The van der Waals surface area contributed by atoms with Crippen LogP contribution in [0.15, 0.2) is 66.9 Å². The molecule has 4 aromatic rings. The quantitative estimate of drug-likeness (QED) is 0.471. The van der Waals surface area contributed by atoms with Crippen molar-refractivity contribution < 1.29 is 19.0 Å². The molecule has 2 aromatic carbocycles. The molecule has 0 atom stereocenters. The summed E-state index contributed by atoms with van der Waals surface area (Å²) in [5.41, 5.74) is 3.24. The van der Waals surface area contributed by atoms with E-state index in [1.54, 1.807) is 12.3 Å². The van der Waals surface area contributed by atoms with Crippen LogP contribution in [0.2, 0.25) is 0 Å². The Bertz CT molecular complexity index is 1220. The molecule has 0 fully saturated rings. The van der Waals surface area contributed by atoms with Gasteiger partial charge in [-0.15, -0.1) is 0 Å². The molecule has 30 heavy (non-hydrogen) atoms. The predicted molar refractivity (Wildman–Crippen MR) is 113 cm³/mol. The van der Waals surface area contributed by atoms with E-state index in [4.69, 9.17) is 4.74 Å². The molecule has 0 saturated heterocycles. The zero-order chi connectivity index (χ0) is 21.3. The van der Waals surface area contributed by atoms with Crippen molar-refractivity contribution >= 4 is 16.9 Å². The van der Waals surface area contributed by atoms with E-state index in [-0.39, 0.29) is 17.1 Å². The first kappa shape index (κ1) is 19.5. The average molecular weight is 402 g/mol. The van der Waals surface area contributed by atoms with Gasteiger partial charge in [-0.25, -0.2) is 14.2 Å². The maximum absolute atomic E-state index is 13.6. The summed E-state index contributed by atoms with van der Waals surface area (Å²) in [7, 11) is 0. The molecule has 0 spiro atoms. The lowest BCUT2D eigenvalue weighted by molar-refractivity contribution is 0.0699. The average Bonchev–Trinajstić information content (AvgIpc) is 2.73. The molecule has 1 N–H and O–H groups in total. The second kappa shape index (κ2) is 7.91. The van der Waals surface area contributed by atoms with Crippen LogP contribution in [0.4, 0.5) is 4.39 Å². The van der Waals surface area contributed by atoms with Gasteiger partial charge in [-0.2, -0.15) is 0 Å². The Balaban J connectivity index is 1.68. The van der Waals surface area contributed by atoms with Gasteiger partial charge in [0.05, 0.1) is 28.6 Å². The first-order valence-electron chi connectivity index (χ1n) is 9.48. The fraction of sp³-hybridized carbons (Fsp3) is 0.125. The smallest absolute Gasteiger partial charge is 0.336 e. The van der Waals surface area contributed by atoms with Crippen molar-refractivity contribution in [2.75, 3.05) is 0 Å². The molecule has 2 heterocycles. The SMILES string of the molecule is CC(C)Oc1ccc(-c2ccc(-c3cc(C(=O)O)c4cc(F)ccc4n3)nc2)cc1. The van der Waals surface area contributed by atoms with Crippen LogP contribution in [0.25, 0.3) is 33.4 Å². The minimum atomic E-state index is -1.14. The summed E-state index contributed by atoms with van der Waals surface area (Å²) in [6.45, 7) is 3.95. The standard InChI is InChI=1S/C24H19FN2O3/c1-14(2)30-18-7-3-15(4-8-18)16-5-9-22(26-13-16)23-12-20(24(28)29)19-11-17(25)6-10-21(19)27-23/h3-14H,1-2H3,(H,28,29). The molecular weight excluding hydrogens is 383 g/mol. The predicted octanol–water partition coefficient (Wildman–Crippen LogP) is 5.59. The van der Waals surface area contributed by atoms with Gasteiger partial charge in [-0.05, 0) is 61.9 Å². The monoisotopic (exact) mass is 402 g/mol. The lowest BCUT2D eigenvalue weighted by Gasteiger charge is -2.10. The number of halogens is 1. The fourth-order valence-electron chi connectivity index (χ4n) is 3.22. The summed E-state index contributed by atoms with van der Waals surface area (Å²) < 4.78 is 19.2. The number of pyridine rings is 2. The number of fused-ring (bicyclic) bond motifs is 1. The maximum atomic E-state index is 13.6. The first-order valence-corrected chi connectivity index (χ1v) is 9.48. The second-order valence-electron chi connectivity index (χ2n) is 7.14. The molecule has 0 amide bonds. The van der Waals surface area contributed by atoms with Gasteiger partial charge in [0.25, 0.3) is 0 Å². The molecule has 0 saturated carbocycles. The summed E-state index contributed by atoms with van der Waals surface area (Å²) in [5.74, 6) is -0.849. The molecule has 6 heteroatoms. The topological polar surface area (TPSA) is 72.3 Å². The number of nitrogens with zero attached hydrogens (tertiary/aromatic N) is 2. The molecule has 0 aliphatic carbocycles. The molecule has 0 aliphatic rings. The third-order valence-electron chi connectivity index (χ3n) is 4.59. The normalized spacial score (nSPS) is 11.1. The minimum Gasteiger partial charge on any atom is -0.491 e. The Hall–Kier alpha value is -3.80. The molecule has 0 radical (unpaired) electrons. The largest absolute Gasteiger partial charge is 0.491 e. The van der Waals surface area contributed by atoms with Crippen molar-refractivity contribution in [3.8, 4) is 28.3 Å². The highest BCUT2D eigenvalue weighted by molar-refractivity contribution is 6.03. The van der Waals surface area contributed by atoms with Gasteiger partial charge in [0.1, 0.15) is 11.6 Å². The van der Waals surface area contributed by atoms with Crippen LogP contribution in [-0.2, 0) is 0 Å². The highest BCUT2D eigenvalue weighted by Crippen LogP contribution is 2.27. The Kier molecular flexibility index (Phi) is 5.14. The van der Waals surface area contributed by atoms with Crippen molar-refractivity contribution in [2.45, 2.75) is 20.0 Å². The summed E-state index contributed by atoms with van der Waals surface area (Å²) in [6, 6.07) is 16.7. The summed E-state index contributed by atoms with van der Waals surface area (Å²) in [5, 5.41) is 9.79. The van der Waals surface area contributed by atoms with Crippen molar-refractivity contribution in [3.05, 3.63) is 78.2 Å². The molecule has 0 unspecified atom stereocenters. The third kappa shape index (κ3) is 3.98. The van der Waals surface area contributed by atoms with E-state index in [0.29, 0.717) is 16.9 Å². The van der Waals surface area contributed by atoms with E-state index in [1.807, 2.05) is 44.2 Å². The highest BCUT2D eigenvalue weighted by Gasteiger charge is 2.14. The van der Waals surface area contributed by atoms with E-state index < -0.39 is 11.8 Å². The van der Waals surface area contributed by atoms with E-state index in [0.717, 1.165) is 16.9 Å². The molecule has 0 bridgehead atoms. The van der Waals surface area contributed by atoms with Gasteiger partial charge in [-0.1, -0.05) is 18.2 Å². The third-order valence-corrected chi connectivity index (χ3v) is 4.59. The lowest BCUT2D eigenvalue weighted by Crippen LogP contribution is -2.05. The summed E-state index contributed by atoms with van der Waals surface area (Å²) in [6.07, 6.45) is 1.82. The Morgan fingerprint density at radius 3 is 2.33 bits per heavy atom. The van der Waals surface area contributed by atoms with Gasteiger partial charge in [0.15, 0.2) is 0 Å². The van der Waals surface area contributed by atoms with Gasteiger partial charge in [0.2, 0.25) is 0 Å². The van der Waals surface area contributed by atoms with Crippen LogP contribution in [0, 0.1) is 5.82 Å². The lowest BCUT2D eigenvalue weighted by atomic mass is 10.0.